The highest BCUT2D eigenvalue weighted by Crippen LogP contribution is 2.18. The van der Waals surface area contributed by atoms with Crippen LogP contribution < -0.4 is 5.73 Å². The van der Waals surface area contributed by atoms with Crippen molar-refractivity contribution < 1.29 is 9.90 Å². The molecular formula is C15H18N2O2. The first-order valence-corrected chi connectivity index (χ1v) is 6.47. The largest absolute Gasteiger partial charge is 0.481 e. The topological polar surface area (TPSA) is 76.2 Å². The van der Waals surface area contributed by atoms with Crippen LogP contribution in [-0.4, -0.2) is 22.6 Å². The van der Waals surface area contributed by atoms with E-state index < -0.39 is 5.97 Å². The number of pyridine rings is 1. The lowest BCUT2D eigenvalue weighted by atomic mass is 9.94. The molecule has 1 atom stereocenters. The Bertz CT molecular complexity index is 569. The molecule has 1 aromatic heterocycles. The van der Waals surface area contributed by atoms with Crippen molar-refractivity contribution in [1.29, 1.82) is 0 Å². The molecule has 1 aromatic carbocycles. The number of hydrogen-bond donors (Lipinski definition) is 2. The van der Waals surface area contributed by atoms with Gasteiger partial charge in [-0.15, -0.1) is 0 Å². The van der Waals surface area contributed by atoms with Crippen molar-refractivity contribution in [2.75, 3.05) is 6.54 Å². The third-order valence-electron chi connectivity index (χ3n) is 3.26. The first-order chi connectivity index (χ1) is 9.20. The number of rotatable bonds is 6. The normalized spacial score (nSPS) is 12.5. The molecule has 4 nitrogen and oxygen atoms in total. The number of nitrogens with zero attached hydrogens (tertiary/aromatic N) is 1. The van der Waals surface area contributed by atoms with Gasteiger partial charge in [-0.25, -0.2) is 0 Å². The average Bonchev–Trinajstić information content (AvgIpc) is 2.43. The number of fused-ring (bicyclic) bond motifs is 1. The smallest absolute Gasteiger partial charge is 0.306 e. The molecule has 0 fully saturated rings. The van der Waals surface area contributed by atoms with Gasteiger partial charge < -0.3 is 10.8 Å². The Balaban J connectivity index is 2.16. The van der Waals surface area contributed by atoms with Gasteiger partial charge >= 0.3 is 5.97 Å². The summed E-state index contributed by atoms with van der Waals surface area (Å²) in [5.74, 6) is -1.11. The van der Waals surface area contributed by atoms with Crippen LogP contribution in [-0.2, 0) is 11.2 Å². The number of carboxylic acids is 1. The summed E-state index contributed by atoms with van der Waals surface area (Å²) < 4.78 is 0. The summed E-state index contributed by atoms with van der Waals surface area (Å²) in [6.45, 7) is 0.533. The summed E-state index contributed by atoms with van der Waals surface area (Å²) in [5, 5.41) is 10.3. The molecule has 0 spiro atoms. The zero-order valence-electron chi connectivity index (χ0n) is 10.7. The molecule has 2 rings (SSSR count). The summed E-state index contributed by atoms with van der Waals surface area (Å²) in [5.41, 5.74) is 7.41. The Hall–Kier alpha value is -1.94. The van der Waals surface area contributed by atoms with Gasteiger partial charge in [0.05, 0.1) is 11.4 Å². The minimum atomic E-state index is -0.750. The first kappa shape index (κ1) is 13.5. The van der Waals surface area contributed by atoms with Crippen LogP contribution >= 0.6 is 0 Å². The van der Waals surface area contributed by atoms with E-state index in [9.17, 15) is 9.90 Å². The van der Waals surface area contributed by atoms with Crippen LogP contribution in [0.2, 0.25) is 0 Å². The van der Waals surface area contributed by atoms with Gasteiger partial charge in [0.2, 0.25) is 0 Å². The molecule has 0 saturated heterocycles. The lowest BCUT2D eigenvalue weighted by Gasteiger charge is -2.12. The number of nitrogens with two attached hydrogens (primary N) is 1. The predicted octanol–water partition coefficient (Wildman–Crippen LogP) is 2.22. The number of carboxylic acid groups (broad SMARTS) is 1. The van der Waals surface area contributed by atoms with Crippen molar-refractivity contribution in [3.05, 3.63) is 42.1 Å². The number of benzene rings is 1. The molecule has 0 radical (unpaired) electrons. The summed E-state index contributed by atoms with van der Waals surface area (Å²) in [7, 11) is 0. The van der Waals surface area contributed by atoms with Crippen molar-refractivity contribution >= 4 is 16.9 Å². The third-order valence-corrected chi connectivity index (χ3v) is 3.26. The maximum Gasteiger partial charge on any atom is 0.306 e. The summed E-state index contributed by atoms with van der Waals surface area (Å²) in [6.07, 6.45) is 3.66. The average molecular weight is 258 g/mol. The highest BCUT2D eigenvalue weighted by Gasteiger charge is 2.17. The number of aliphatic carboxylic acids is 1. The van der Waals surface area contributed by atoms with Gasteiger partial charge in [-0.05, 0) is 49.6 Å². The number of hydrogen-bond acceptors (Lipinski definition) is 3. The van der Waals surface area contributed by atoms with E-state index in [1.807, 2.05) is 30.3 Å². The van der Waals surface area contributed by atoms with Crippen LogP contribution in [0.4, 0.5) is 0 Å². The molecule has 1 unspecified atom stereocenters. The van der Waals surface area contributed by atoms with Gasteiger partial charge in [0.1, 0.15) is 0 Å². The molecule has 0 aliphatic carbocycles. The second-order valence-corrected chi connectivity index (χ2v) is 4.70. The van der Waals surface area contributed by atoms with Crippen molar-refractivity contribution in [3.8, 4) is 0 Å². The van der Waals surface area contributed by atoms with Crippen LogP contribution in [0.25, 0.3) is 10.9 Å². The van der Waals surface area contributed by atoms with Crippen molar-refractivity contribution in [2.45, 2.75) is 19.3 Å². The van der Waals surface area contributed by atoms with Gasteiger partial charge in [-0.3, -0.25) is 9.78 Å². The van der Waals surface area contributed by atoms with Crippen LogP contribution in [0, 0.1) is 5.92 Å². The van der Waals surface area contributed by atoms with E-state index in [0.717, 1.165) is 22.9 Å². The molecule has 0 saturated carbocycles. The van der Waals surface area contributed by atoms with E-state index >= 15 is 0 Å². The second-order valence-electron chi connectivity index (χ2n) is 4.70. The van der Waals surface area contributed by atoms with E-state index in [-0.39, 0.29) is 5.92 Å². The molecule has 0 amide bonds. The standard InChI is InChI=1S/C15H18N2O2/c16-7-1-3-13(15(18)19)10-11-5-6-14-12(9-11)4-2-8-17-14/h2,4-6,8-9,13H,1,3,7,10,16H2,(H,18,19). The molecule has 0 aliphatic heterocycles. The van der Waals surface area contributed by atoms with E-state index in [2.05, 4.69) is 4.98 Å². The van der Waals surface area contributed by atoms with Crippen LogP contribution in [0.3, 0.4) is 0 Å². The summed E-state index contributed by atoms with van der Waals surface area (Å²) in [4.78, 5) is 15.5. The van der Waals surface area contributed by atoms with Crippen LogP contribution in [0.5, 0.6) is 0 Å². The minimum absolute atomic E-state index is 0.363. The highest BCUT2D eigenvalue weighted by molar-refractivity contribution is 5.79. The number of carbonyl (C=O) groups is 1. The SMILES string of the molecule is NCCCC(Cc1ccc2ncccc2c1)C(=O)O. The molecule has 100 valence electrons. The lowest BCUT2D eigenvalue weighted by molar-refractivity contribution is -0.141. The monoisotopic (exact) mass is 258 g/mol. The molecule has 1 heterocycles. The fourth-order valence-electron chi connectivity index (χ4n) is 2.21. The maximum atomic E-state index is 11.2. The van der Waals surface area contributed by atoms with Gasteiger partial charge in [0.25, 0.3) is 0 Å². The Kier molecular flexibility index (Phi) is 4.47. The maximum absolute atomic E-state index is 11.2. The Morgan fingerprint density at radius 2 is 2.21 bits per heavy atom. The van der Waals surface area contributed by atoms with E-state index in [1.165, 1.54) is 0 Å². The van der Waals surface area contributed by atoms with E-state index in [4.69, 9.17) is 5.73 Å². The van der Waals surface area contributed by atoms with Gasteiger partial charge in [0.15, 0.2) is 0 Å². The zero-order chi connectivity index (χ0) is 13.7. The molecule has 0 aliphatic rings. The second kappa shape index (κ2) is 6.29. The van der Waals surface area contributed by atoms with Gasteiger partial charge in [-0.1, -0.05) is 12.1 Å². The van der Waals surface area contributed by atoms with Crippen molar-refractivity contribution in [1.82, 2.24) is 4.98 Å². The van der Waals surface area contributed by atoms with E-state index in [0.29, 0.717) is 19.4 Å². The van der Waals surface area contributed by atoms with Gasteiger partial charge in [0, 0.05) is 11.6 Å². The van der Waals surface area contributed by atoms with Crippen LogP contribution in [0.1, 0.15) is 18.4 Å². The Morgan fingerprint density at radius 3 is 2.95 bits per heavy atom. The Morgan fingerprint density at radius 1 is 1.37 bits per heavy atom. The molecule has 2 aromatic rings. The summed E-state index contributed by atoms with van der Waals surface area (Å²) in [6, 6.07) is 9.78. The molecule has 19 heavy (non-hydrogen) atoms. The van der Waals surface area contributed by atoms with E-state index in [1.54, 1.807) is 6.20 Å². The molecule has 4 heteroatoms. The van der Waals surface area contributed by atoms with Crippen molar-refractivity contribution in [2.24, 2.45) is 11.7 Å². The quantitative estimate of drug-likeness (QED) is 0.833. The predicted molar refractivity (Wildman–Crippen MR) is 74.9 cm³/mol. The fourth-order valence-corrected chi connectivity index (χ4v) is 2.21. The Labute approximate surface area is 112 Å². The minimum Gasteiger partial charge on any atom is -0.481 e. The molecule has 0 bridgehead atoms. The summed E-state index contributed by atoms with van der Waals surface area (Å²) >= 11 is 0. The highest BCUT2D eigenvalue weighted by atomic mass is 16.4. The van der Waals surface area contributed by atoms with Gasteiger partial charge in [-0.2, -0.15) is 0 Å². The fraction of sp³-hybridized carbons (Fsp3) is 0.333. The molecule has 3 N–H and O–H groups in total. The number of aromatic nitrogens is 1. The lowest BCUT2D eigenvalue weighted by Crippen LogP contribution is -2.17. The third kappa shape index (κ3) is 3.51. The molecular weight excluding hydrogens is 240 g/mol. The zero-order valence-corrected chi connectivity index (χ0v) is 10.7. The van der Waals surface area contributed by atoms with Crippen molar-refractivity contribution in [3.63, 3.8) is 0 Å². The first-order valence-electron chi connectivity index (χ1n) is 6.47. The van der Waals surface area contributed by atoms with Crippen LogP contribution in [0.15, 0.2) is 36.5 Å².